The van der Waals surface area contributed by atoms with Gasteiger partial charge in [-0.3, -0.25) is 4.79 Å². The van der Waals surface area contributed by atoms with Gasteiger partial charge in [0.1, 0.15) is 5.82 Å². The Balaban J connectivity index is 1.92. The molecular formula is C14H18N6O2. The van der Waals surface area contributed by atoms with Crippen LogP contribution in [-0.4, -0.2) is 43.9 Å². The minimum atomic E-state index is -0.772. The first kappa shape index (κ1) is 14.3. The summed E-state index contributed by atoms with van der Waals surface area (Å²) in [7, 11) is 0. The fourth-order valence-corrected chi connectivity index (χ4v) is 2.84. The fraction of sp³-hybridized carbons (Fsp3) is 0.429. The zero-order valence-corrected chi connectivity index (χ0v) is 12.3. The molecule has 8 heteroatoms. The minimum absolute atomic E-state index is 0.146. The second-order valence-corrected chi connectivity index (χ2v) is 5.67. The predicted molar refractivity (Wildman–Crippen MR) is 80.7 cm³/mol. The van der Waals surface area contributed by atoms with Crippen LogP contribution in [0, 0.1) is 11.8 Å². The van der Waals surface area contributed by atoms with Crippen molar-refractivity contribution in [3.8, 4) is 5.82 Å². The van der Waals surface area contributed by atoms with Crippen LogP contribution in [0.4, 0.5) is 11.8 Å². The van der Waals surface area contributed by atoms with Crippen molar-refractivity contribution >= 4 is 17.7 Å². The summed E-state index contributed by atoms with van der Waals surface area (Å²) in [4.78, 5) is 21.7. The van der Waals surface area contributed by atoms with E-state index >= 15 is 0 Å². The molecule has 22 heavy (non-hydrogen) atoms. The topological polar surface area (TPSA) is 110 Å². The molecule has 0 amide bonds. The molecule has 0 aliphatic carbocycles. The van der Waals surface area contributed by atoms with E-state index in [0.29, 0.717) is 24.6 Å². The van der Waals surface area contributed by atoms with Crippen molar-refractivity contribution in [2.24, 2.45) is 11.8 Å². The molecule has 2 unspecified atom stereocenters. The highest BCUT2D eigenvalue weighted by Crippen LogP contribution is 2.26. The number of nitrogen functional groups attached to an aromatic ring is 1. The van der Waals surface area contributed by atoms with Gasteiger partial charge in [0.2, 0.25) is 5.95 Å². The van der Waals surface area contributed by atoms with Gasteiger partial charge in [-0.15, -0.1) is 0 Å². The van der Waals surface area contributed by atoms with Gasteiger partial charge in [-0.2, -0.15) is 15.1 Å². The van der Waals surface area contributed by atoms with Crippen molar-refractivity contribution in [2.45, 2.75) is 13.3 Å². The minimum Gasteiger partial charge on any atom is -0.481 e. The van der Waals surface area contributed by atoms with Crippen LogP contribution in [0.3, 0.4) is 0 Å². The Hall–Kier alpha value is -2.64. The maximum atomic E-state index is 11.3. The average molecular weight is 302 g/mol. The Morgan fingerprint density at radius 2 is 2.14 bits per heavy atom. The van der Waals surface area contributed by atoms with E-state index in [2.05, 4.69) is 15.1 Å². The van der Waals surface area contributed by atoms with Crippen molar-refractivity contribution in [1.29, 1.82) is 0 Å². The van der Waals surface area contributed by atoms with Gasteiger partial charge in [-0.25, -0.2) is 4.68 Å². The zero-order valence-electron chi connectivity index (χ0n) is 12.3. The smallest absolute Gasteiger partial charge is 0.308 e. The molecule has 1 aliphatic heterocycles. The molecular weight excluding hydrogens is 284 g/mol. The average Bonchev–Trinajstić information content (AvgIpc) is 3.00. The molecule has 3 N–H and O–H groups in total. The summed E-state index contributed by atoms with van der Waals surface area (Å²) in [6.07, 6.45) is 4.10. The molecule has 2 aromatic heterocycles. The number of nitrogens with zero attached hydrogens (tertiary/aromatic N) is 5. The summed E-state index contributed by atoms with van der Waals surface area (Å²) in [5.41, 5.74) is 5.79. The summed E-state index contributed by atoms with van der Waals surface area (Å²) >= 11 is 0. The van der Waals surface area contributed by atoms with Crippen molar-refractivity contribution < 1.29 is 9.90 Å². The van der Waals surface area contributed by atoms with Crippen molar-refractivity contribution in [3.05, 3.63) is 24.5 Å². The molecule has 1 aliphatic rings. The number of nitrogens with two attached hydrogens (primary N) is 1. The SMILES string of the molecule is CC1CC(C(=O)O)CN(c2cc(-n3cccn3)nc(N)n2)C1. The van der Waals surface area contributed by atoms with Crippen LogP contribution in [0.2, 0.25) is 0 Å². The summed E-state index contributed by atoms with van der Waals surface area (Å²) in [6.45, 7) is 3.22. The third-order valence-corrected chi connectivity index (χ3v) is 3.79. The highest BCUT2D eigenvalue weighted by atomic mass is 16.4. The van der Waals surface area contributed by atoms with Crippen LogP contribution in [0.1, 0.15) is 13.3 Å². The lowest BCUT2D eigenvalue weighted by Gasteiger charge is -2.35. The lowest BCUT2D eigenvalue weighted by Crippen LogP contribution is -2.43. The summed E-state index contributed by atoms with van der Waals surface area (Å²) < 4.78 is 1.60. The van der Waals surface area contributed by atoms with Gasteiger partial charge in [0.25, 0.3) is 0 Å². The van der Waals surface area contributed by atoms with E-state index in [9.17, 15) is 9.90 Å². The third kappa shape index (κ3) is 2.85. The van der Waals surface area contributed by atoms with Crippen LogP contribution in [0.25, 0.3) is 5.82 Å². The number of hydrogen-bond donors (Lipinski definition) is 2. The first-order chi connectivity index (χ1) is 10.5. The normalized spacial score (nSPS) is 21.8. The van der Waals surface area contributed by atoms with Crippen molar-refractivity contribution in [1.82, 2.24) is 19.7 Å². The second-order valence-electron chi connectivity index (χ2n) is 5.67. The van der Waals surface area contributed by atoms with Gasteiger partial charge >= 0.3 is 5.97 Å². The van der Waals surface area contributed by atoms with Crippen LogP contribution in [0.15, 0.2) is 24.5 Å². The van der Waals surface area contributed by atoms with Gasteiger partial charge in [-0.1, -0.05) is 6.92 Å². The molecule has 3 rings (SSSR count). The molecule has 0 aromatic carbocycles. The number of carboxylic acids is 1. The molecule has 2 atom stereocenters. The number of carbonyl (C=O) groups is 1. The van der Waals surface area contributed by atoms with Crippen LogP contribution < -0.4 is 10.6 Å². The number of aliphatic carboxylic acids is 1. The van der Waals surface area contributed by atoms with E-state index < -0.39 is 11.9 Å². The maximum absolute atomic E-state index is 11.3. The van der Waals surface area contributed by atoms with Gasteiger partial charge in [0.15, 0.2) is 5.82 Å². The molecule has 1 fully saturated rings. The quantitative estimate of drug-likeness (QED) is 0.862. The van der Waals surface area contributed by atoms with Crippen LogP contribution in [-0.2, 0) is 4.79 Å². The van der Waals surface area contributed by atoms with Crippen molar-refractivity contribution in [2.75, 3.05) is 23.7 Å². The van der Waals surface area contributed by atoms with Gasteiger partial charge < -0.3 is 15.7 Å². The van der Waals surface area contributed by atoms with Gasteiger partial charge in [-0.05, 0) is 18.4 Å². The monoisotopic (exact) mass is 302 g/mol. The highest BCUT2D eigenvalue weighted by molar-refractivity contribution is 5.71. The number of carboxylic acid groups (broad SMARTS) is 1. The number of anilines is 2. The van der Waals surface area contributed by atoms with E-state index in [4.69, 9.17) is 5.73 Å². The first-order valence-corrected chi connectivity index (χ1v) is 7.15. The van der Waals surface area contributed by atoms with Gasteiger partial charge in [0, 0.05) is 31.5 Å². The summed E-state index contributed by atoms with van der Waals surface area (Å²) in [5, 5.41) is 13.4. The largest absolute Gasteiger partial charge is 0.481 e. The highest BCUT2D eigenvalue weighted by Gasteiger charge is 2.30. The maximum Gasteiger partial charge on any atom is 0.308 e. The number of piperidine rings is 1. The molecule has 116 valence electrons. The Labute approximate surface area is 127 Å². The third-order valence-electron chi connectivity index (χ3n) is 3.79. The Bertz CT molecular complexity index is 672. The van der Waals surface area contributed by atoms with E-state index in [1.54, 1.807) is 29.2 Å². The Morgan fingerprint density at radius 3 is 2.82 bits per heavy atom. The van der Waals surface area contributed by atoms with Crippen LogP contribution in [0.5, 0.6) is 0 Å². The molecule has 0 radical (unpaired) electrons. The molecule has 0 bridgehead atoms. The summed E-state index contributed by atoms with van der Waals surface area (Å²) in [6, 6.07) is 3.57. The molecule has 2 aromatic rings. The second kappa shape index (κ2) is 5.63. The molecule has 8 nitrogen and oxygen atoms in total. The predicted octanol–water partition coefficient (Wildman–Crippen LogP) is 0.791. The van der Waals surface area contributed by atoms with E-state index in [1.165, 1.54) is 0 Å². The van der Waals surface area contributed by atoms with Gasteiger partial charge in [0.05, 0.1) is 5.92 Å². The number of aromatic nitrogens is 4. The standard InChI is InChI=1S/C14H18N6O2/c1-9-5-10(13(21)22)8-19(7-9)11-6-12(18-14(15)17-11)20-4-2-3-16-20/h2-4,6,9-10H,5,7-8H2,1H3,(H,21,22)(H2,15,17,18). The lowest BCUT2D eigenvalue weighted by molar-refractivity contribution is -0.142. The first-order valence-electron chi connectivity index (χ1n) is 7.15. The Kier molecular flexibility index (Phi) is 3.66. The number of rotatable bonds is 3. The lowest BCUT2D eigenvalue weighted by atomic mass is 9.90. The molecule has 0 saturated carbocycles. The molecule has 1 saturated heterocycles. The number of hydrogen-bond acceptors (Lipinski definition) is 6. The molecule has 0 spiro atoms. The summed E-state index contributed by atoms with van der Waals surface area (Å²) in [5.74, 6) is 0.458. The Morgan fingerprint density at radius 1 is 1.36 bits per heavy atom. The van der Waals surface area contributed by atoms with Crippen LogP contribution >= 0.6 is 0 Å². The fourth-order valence-electron chi connectivity index (χ4n) is 2.84. The van der Waals surface area contributed by atoms with E-state index in [1.807, 2.05) is 11.8 Å². The van der Waals surface area contributed by atoms with E-state index in [-0.39, 0.29) is 11.9 Å². The molecule has 3 heterocycles. The van der Waals surface area contributed by atoms with Crippen molar-refractivity contribution in [3.63, 3.8) is 0 Å². The van der Waals surface area contributed by atoms with E-state index in [0.717, 1.165) is 6.54 Å². The zero-order chi connectivity index (χ0) is 15.7.